The molecule has 86 valence electrons. The van der Waals surface area contributed by atoms with Crippen molar-refractivity contribution in [3.05, 3.63) is 11.9 Å². The Labute approximate surface area is 92.2 Å². The van der Waals surface area contributed by atoms with E-state index in [9.17, 15) is 0 Å². The molecule has 0 bridgehead atoms. The molecule has 0 N–H and O–H groups in total. The van der Waals surface area contributed by atoms with E-state index in [-0.39, 0.29) is 5.41 Å². The molecule has 0 amide bonds. The van der Waals surface area contributed by atoms with Crippen molar-refractivity contribution in [3.63, 3.8) is 0 Å². The monoisotopic (exact) mass is 210 g/mol. The minimum absolute atomic E-state index is 0.147. The first-order valence-corrected chi connectivity index (χ1v) is 6.01. The van der Waals surface area contributed by atoms with Crippen molar-refractivity contribution in [1.82, 2.24) is 10.3 Å². The summed E-state index contributed by atoms with van der Waals surface area (Å²) in [5.74, 6) is 0. The Morgan fingerprint density at radius 2 is 2.07 bits per heavy atom. The maximum Gasteiger partial charge on any atom is 0.111 e. The molecule has 1 unspecified atom stereocenters. The highest BCUT2D eigenvalue weighted by Gasteiger charge is 2.27. The third-order valence-electron chi connectivity index (χ3n) is 3.34. The molecule has 3 heteroatoms. The van der Waals surface area contributed by atoms with Gasteiger partial charge in [0.1, 0.15) is 5.69 Å². The second kappa shape index (κ2) is 5.89. The molecular formula is C12H22N2O. The standard InChI is InChI=1S/C12H22N2O/c1-4-6-7-8-9-12(3,5-2)11-10-13-15-14-11/h10H,4-9H2,1-3H3. The van der Waals surface area contributed by atoms with Gasteiger partial charge in [0, 0.05) is 5.41 Å². The summed E-state index contributed by atoms with van der Waals surface area (Å²) < 4.78 is 4.69. The molecule has 0 spiro atoms. The van der Waals surface area contributed by atoms with Crippen LogP contribution in [-0.4, -0.2) is 10.3 Å². The third kappa shape index (κ3) is 3.33. The maximum absolute atomic E-state index is 4.69. The van der Waals surface area contributed by atoms with Crippen LogP contribution in [0.15, 0.2) is 10.8 Å². The zero-order chi connectivity index (χ0) is 11.1. The summed E-state index contributed by atoms with van der Waals surface area (Å²) in [5.41, 5.74) is 1.15. The van der Waals surface area contributed by atoms with Crippen molar-refractivity contribution in [3.8, 4) is 0 Å². The lowest BCUT2D eigenvalue weighted by atomic mass is 9.79. The molecule has 1 atom stereocenters. The van der Waals surface area contributed by atoms with Crippen LogP contribution in [-0.2, 0) is 5.41 Å². The Hall–Kier alpha value is -0.860. The zero-order valence-electron chi connectivity index (χ0n) is 10.1. The lowest BCUT2D eigenvalue weighted by Crippen LogP contribution is -2.21. The number of hydrogen-bond donors (Lipinski definition) is 0. The van der Waals surface area contributed by atoms with E-state index in [1.54, 1.807) is 6.20 Å². The summed E-state index contributed by atoms with van der Waals surface area (Å²) in [5, 5.41) is 7.67. The second-order valence-electron chi connectivity index (χ2n) is 4.52. The first-order chi connectivity index (χ1) is 7.23. The van der Waals surface area contributed by atoms with Gasteiger partial charge in [-0.2, -0.15) is 0 Å². The van der Waals surface area contributed by atoms with Gasteiger partial charge in [0.2, 0.25) is 0 Å². The molecule has 0 saturated heterocycles. The SMILES string of the molecule is CCCCCCC(C)(CC)c1cnon1. The molecule has 0 aromatic carbocycles. The molecular weight excluding hydrogens is 188 g/mol. The number of rotatable bonds is 7. The van der Waals surface area contributed by atoms with Crippen LogP contribution in [0.2, 0.25) is 0 Å². The molecule has 0 aliphatic heterocycles. The van der Waals surface area contributed by atoms with Crippen LogP contribution < -0.4 is 0 Å². The van der Waals surface area contributed by atoms with Gasteiger partial charge >= 0.3 is 0 Å². The molecule has 1 aromatic heterocycles. The fraction of sp³-hybridized carbons (Fsp3) is 0.833. The van der Waals surface area contributed by atoms with Crippen LogP contribution in [0.5, 0.6) is 0 Å². The van der Waals surface area contributed by atoms with E-state index in [2.05, 4.69) is 35.7 Å². The molecule has 1 rings (SSSR count). The highest BCUT2D eigenvalue weighted by atomic mass is 16.6. The molecule has 0 saturated carbocycles. The molecule has 3 nitrogen and oxygen atoms in total. The lowest BCUT2D eigenvalue weighted by molar-refractivity contribution is 0.286. The lowest BCUT2D eigenvalue weighted by Gasteiger charge is -2.24. The molecule has 1 aromatic rings. The van der Waals surface area contributed by atoms with Crippen molar-refractivity contribution in [2.75, 3.05) is 0 Å². The van der Waals surface area contributed by atoms with Crippen LogP contribution in [0.25, 0.3) is 0 Å². The zero-order valence-corrected chi connectivity index (χ0v) is 10.1. The Bertz CT molecular complexity index is 259. The smallest absolute Gasteiger partial charge is 0.111 e. The number of aromatic nitrogens is 2. The van der Waals surface area contributed by atoms with Gasteiger partial charge in [-0.3, -0.25) is 0 Å². The van der Waals surface area contributed by atoms with E-state index in [4.69, 9.17) is 0 Å². The largest absolute Gasteiger partial charge is 0.244 e. The minimum Gasteiger partial charge on any atom is -0.244 e. The number of unbranched alkanes of at least 4 members (excludes halogenated alkanes) is 3. The van der Waals surface area contributed by atoms with E-state index in [1.807, 2.05) is 0 Å². The molecule has 1 heterocycles. The van der Waals surface area contributed by atoms with Gasteiger partial charge in [0.25, 0.3) is 0 Å². The molecule has 0 fully saturated rings. The van der Waals surface area contributed by atoms with E-state index in [1.165, 1.54) is 32.1 Å². The summed E-state index contributed by atoms with van der Waals surface area (Å²) in [6.07, 6.45) is 9.22. The van der Waals surface area contributed by atoms with Gasteiger partial charge in [0.15, 0.2) is 0 Å². The minimum atomic E-state index is 0.147. The molecule has 0 aliphatic rings. The number of nitrogens with zero attached hydrogens (tertiary/aromatic N) is 2. The fourth-order valence-corrected chi connectivity index (χ4v) is 1.86. The first-order valence-electron chi connectivity index (χ1n) is 6.01. The quantitative estimate of drug-likeness (QED) is 0.644. The average molecular weight is 210 g/mol. The van der Waals surface area contributed by atoms with Gasteiger partial charge in [-0.1, -0.05) is 56.8 Å². The highest BCUT2D eigenvalue weighted by Crippen LogP contribution is 2.31. The topological polar surface area (TPSA) is 38.9 Å². The average Bonchev–Trinajstić information content (AvgIpc) is 2.78. The van der Waals surface area contributed by atoms with Gasteiger partial charge in [0.05, 0.1) is 6.20 Å². The van der Waals surface area contributed by atoms with Crippen LogP contribution in [0.1, 0.15) is 65.0 Å². The summed E-state index contributed by atoms with van der Waals surface area (Å²) in [6, 6.07) is 0. The van der Waals surface area contributed by atoms with E-state index >= 15 is 0 Å². The number of hydrogen-bond acceptors (Lipinski definition) is 3. The van der Waals surface area contributed by atoms with E-state index < -0.39 is 0 Å². The van der Waals surface area contributed by atoms with Crippen LogP contribution in [0.4, 0.5) is 0 Å². The highest BCUT2D eigenvalue weighted by molar-refractivity contribution is 5.08. The Morgan fingerprint density at radius 3 is 2.60 bits per heavy atom. The Balaban J connectivity index is 2.46. The van der Waals surface area contributed by atoms with Crippen LogP contribution in [0.3, 0.4) is 0 Å². The Kier molecular flexibility index (Phi) is 4.79. The summed E-state index contributed by atoms with van der Waals surface area (Å²) in [6.45, 7) is 6.69. The van der Waals surface area contributed by atoms with Crippen LogP contribution in [0, 0.1) is 0 Å². The van der Waals surface area contributed by atoms with Gasteiger partial charge in [-0.15, -0.1) is 0 Å². The second-order valence-corrected chi connectivity index (χ2v) is 4.52. The van der Waals surface area contributed by atoms with Crippen LogP contribution >= 0.6 is 0 Å². The molecule has 0 radical (unpaired) electrons. The van der Waals surface area contributed by atoms with Crippen molar-refractivity contribution >= 4 is 0 Å². The van der Waals surface area contributed by atoms with E-state index in [0.29, 0.717) is 0 Å². The predicted molar refractivity (Wildman–Crippen MR) is 60.7 cm³/mol. The molecule has 0 aliphatic carbocycles. The van der Waals surface area contributed by atoms with Gasteiger partial charge < -0.3 is 0 Å². The van der Waals surface area contributed by atoms with Gasteiger partial charge in [-0.05, 0) is 12.8 Å². The predicted octanol–water partition coefficient (Wildman–Crippen LogP) is 3.71. The summed E-state index contributed by atoms with van der Waals surface area (Å²) >= 11 is 0. The fourth-order valence-electron chi connectivity index (χ4n) is 1.86. The third-order valence-corrected chi connectivity index (χ3v) is 3.34. The van der Waals surface area contributed by atoms with Crippen molar-refractivity contribution in [2.45, 2.75) is 64.7 Å². The maximum atomic E-state index is 4.69. The Morgan fingerprint density at radius 1 is 1.27 bits per heavy atom. The van der Waals surface area contributed by atoms with E-state index in [0.717, 1.165) is 12.1 Å². The normalized spacial score (nSPS) is 15.1. The van der Waals surface area contributed by atoms with Crippen molar-refractivity contribution < 1.29 is 4.63 Å². The van der Waals surface area contributed by atoms with Crippen molar-refractivity contribution in [1.29, 1.82) is 0 Å². The first kappa shape index (κ1) is 12.2. The van der Waals surface area contributed by atoms with Crippen molar-refractivity contribution in [2.24, 2.45) is 0 Å². The summed E-state index contributed by atoms with van der Waals surface area (Å²) in [7, 11) is 0. The van der Waals surface area contributed by atoms with Gasteiger partial charge in [-0.25, -0.2) is 4.63 Å². The summed E-state index contributed by atoms with van der Waals surface area (Å²) in [4.78, 5) is 0. The molecule has 15 heavy (non-hydrogen) atoms.